The van der Waals surface area contributed by atoms with Gasteiger partial charge in [-0.3, -0.25) is 0 Å². The second kappa shape index (κ2) is 3.97. The lowest BCUT2D eigenvalue weighted by Crippen LogP contribution is -2.60. The van der Waals surface area contributed by atoms with Crippen LogP contribution in [-0.2, 0) is 3.74 Å². The third kappa shape index (κ3) is 3.39. The van der Waals surface area contributed by atoms with Crippen LogP contribution in [-0.4, -0.2) is 12.5 Å². The summed E-state index contributed by atoms with van der Waals surface area (Å²) in [6.45, 7) is 1.91. The standard InChI is InChI=1S/C7H11ClO4S2/c1-6-4-5-7(13-6)14(2,3)12-8(9,10)11/h4-5H,1-3H3. The van der Waals surface area contributed by atoms with E-state index in [0.717, 1.165) is 9.09 Å². The van der Waals surface area contributed by atoms with E-state index in [0.29, 0.717) is 0 Å². The molecule has 0 bridgehead atoms. The molecule has 0 fully saturated rings. The van der Waals surface area contributed by atoms with Crippen molar-refractivity contribution in [3.05, 3.63) is 17.0 Å². The Kier molecular flexibility index (Phi) is 3.48. The lowest BCUT2D eigenvalue weighted by molar-refractivity contribution is -1.91. The molecule has 0 aliphatic carbocycles. The summed E-state index contributed by atoms with van der Waals surface area (Å²) in [5.74, 6) is 0. The van der Waals surface area contributed by atoms with E-state index < -0.39 is 20.6 Å². The number of rotatable bonds is 3. The highest BCUT2D eigenvalue weighted by molar-refractivity contribution is 8.29. The van der Waals surface area contributed by atoms with Gasteiger partial charge in [-0.25, -0.2) is 0 Å². The van der Waals surface area contributed by atoms with Crippen molar-refractivity contribution in [1.82, 2.24) is 0 Å². The average Bonchev–Trinajstić information content (AvgIpc) is 2.29. The van der Waals surface area contributed by atoms with E-state index in [1.54, 1.807) is 18.6 Å². The third-order valence-corrected chi connectivity index (χ3v) is 6.67. The molecule has 0 aliphatic rings. The van der Waals surface area contributed by atoms with E-state index in [9.17, 15) is 14.0 Å². The average molecular weight is 259 g/mol. The minimum Gasteiger partial charge on any atom is -0.182 e. The van der Waals surface area contributed by atoms with Gasteiger partial charge in [0.05, 0.1) is 14.5 Å². The van der Waals surface area contributed by atoms with Crippen LogP contribution in [0.5, 0.6) is 0 Å². The molecule has 0 saturated carbocycles. The van der Waals surface area contributed by atoms with Crippen molar-refractivity contribution < 1.29 is 28.0 Å². The molecule has 0 radical (unpaired) electrons. The van der Waals surface area contributed by atoms with Crippen LogP contribution in [0.3, 0.4) is 0 Å². The number of halogens is 1. The van der Waals surface area contributed by atoms with Gasteiger partial charge in [0, 0.05) is 27.7 Å². The highest BCUT2D eigenvalue weighted by atomic mass is 35.7. The van der Waals surface area contributed by atoms with Crippen molar-refractivity contribution in [2.24, 2.45) is 0 Å². The molecule has 0 unspecified atom stereocenters. The van der Waals surface area contributed by atoms with E-state index in [2.05, 4.69) is 3.74 Å². The van der Waals surface area contributed by atoms with Crippen molar-refractivity contribution >= 4 is 21.6 Å². The largest absolute Gasteiger partial charge is 0.182 e. The molecule has 0 spiro atoms. The number of thiophene rings is 1. The van der Waals surface area contributed by atoms with E-state index in [-0.39, 0.29) is 0 Å². The summed E-state index contributed by atoms with van der Waals surface area (Å²) in [5, 5.41) is 0. The highest BCUT2D eigenvalue weighted by Gasteiger charge is 2.34. The van der Waals surface area contributed by atoms with Gasteiger partial charge in [0.1, 0.15) is 3.74 Å². The van der Waals surface area contributed by atoms with Crippen LogP contribution in [0.25, 0.3) is 0 Å². The highest BCUT2D eigenvalue weighted by Crippen LogP contribution is 2.54. The maximum atomic E-state index is 10.4. The summed E-state index contributed by atoms with van der Waals surface area (Å²) in [7, 11) is -6.35. The summed E-state index contributed by atoms with van der Waals surface area (Å²) in [4.78, 5) is 1.06. The molecule has 4 nitrogen and oxygen atoms in total. The van der Waals surface area contributed by atoms with Crippen molar-refractivity contribution in [2.45, 2.75) is 11.1 Å². The molecule has 0 atom stereocenters. The van der Waals surface area contributed by atoms with Gasteiger partial charge in [-0.1, -0.05) is 0 Å². The molecule has 82 valence electrons. The number of hydrogen-bond acceptors (Lipinski definition) is 5. The maximum Gasteiger partial charge on any atom is 0.126 e. The smallest absolute Gasteiger partial charge is 0.126 e. The zero-order chi connectivity index (χ0) is 11.0. The first-order valence-corrected chi connectivity index (χ1v) is 8.05. The first-order chi connectivity index (χ1) is 6.21. The van der Waals surface area contributed by atoms with E-state index >= 15 is 0 Å². The molecule has 0 amide bonds. The van der Waals surface area contributed by atoms with Crippen LogP contribution in [0.2, 0.25) is 0 Å². The Bertz CT molecular complexity index is 318. The Morgan fingerprint density at radius 1 is 1.29 bits per heavy atom. The fourth-order valence-corrected chi connectivity index (χ4v) is 5.11. The van der Waals surface area contributed by atoms with Gasteiger partial charge in [-0.2, -0.15) is 14.0 Å². The number of aryl methyl sites for hydroxylation is 1. The lowest BCUT2D eigenvalue weighted by atomic mass is 10.5. The predicted molar refractivity (Wildman–Crippen MR) is 47.8 cm³/mol. The summed E-state index contributed by atoms with van der Waals surface area (Å²) in [5.41, 5.74) is 0. The Hall–Kier alpha value is 0.180. The quantitative estimate of drug-likeness (QED) is 0.719. The Balaban J connectivity index is 2.85. The topological polar surface area (TPSA) is 78.4 Å². The molecule has 0 aromatic carbocycles. The molecular formula is C7H11ClO4S2. The summed E-state index contributed by atoms with van der Waals surface area (Å²) >= 11 is 1.44. The fraction of sp³-hybridized carbons (Fsp3) is 0.429. The SMILES string of the molecule is Cc1ccc(S(C)(C)O[Cl+3]([O-])([O-])[O-])s1. The van der Waals surface area contributed by atoms with Crippen LogP contribution < -0.4 is 14.0 Å². The summed E-state index contributed by atoms with van der Waals surface area (Å²) in [6, 6.07) is 3.66. The zero-order valence-corrected chi connectivity index (χ0v) is 10.4. The van der Waals surface area contributed by atoms with Crippen LogP contribution in [0.4, 0.5) is 0 Å². The molecule has 14 heavy (non-hydrogen) atoms. The summed E-state index contributed by atoms with van der Waals surface area (Å²) in [6.07, 6.45) is 3.25. The third-order valence-electron chi connectivity index (χ3n) is 1.43. The van der Waals surface area contributed by atoms with Crippen molar-refractivity contribution in [3.8, 4) is 0 Å². The molecule has 1 aromatic heterocycles. The second-order valence-corrected chi connectivity index (χ2v) is 8.75. The normalized spacial score (nSPS) is 14.4. The van der Waals surface area contributed by atoms with Crippen LogP contribution in [0.15, 0.2) is 16.3 Å². The predicted octanol–water partition coefficient (Wildman–Crippen LogP) is -0.691. The summed E-state index contributed by atoms with van der Waals surface area (Å²) < 4.78 is 36.6. The first kappa shape index (κ1) is 12.3. The zero-order valence-electron chi connectivity index (χ0n) is 7.98. The van der Waals surface area contributed by atoms with Gasteiger partial charge in [0.15, 0.2) is 0 Å². The van der Waals surface area contributed by atoms with E-state index in [1.165, 1.54) is 11.3 Å². The van der Waals surface area contributed by atoms with Gasteiger partial charge in [0.2, 0.25) is 0 Å². The van der Waals surface area contributed by atoms with E-state index in [1.807, 2.05) is 13.0 Å². The van der Waals surface area contributed by atoms with Gasteiger partial charge >= 0.3 is 0 Å². The minimum absolute atomic E-state index is 0.793. The van der Waals surface area contributed by atoms with Gasteiger partial charge in [0.25, 0.3) is 0 Å². The second-order valence-electron chi connectivity index (χ2n) is 3.04. The first-order valence-electron chi connectivity index (χ1n) is 3.62. The molecule has 0 saturated heterocycles. The monoisotopic (exact) mass is 258 g/mol. The molecule has 1 heterocycles. The number of hydrogen-bond donors (Lipinski definition) is 0. The van der Waals surface area contributed by atoms with Crippen LogP contribution in [0.1, 0.15) is 4.88 Å². The molecule has 7 heteroatoms. The van der Waals surface area contributed by atoms with Crippen molar-refractivity contribution in [1.29, 1.82) is 0 Å². The molecule has 1 aromatic rings. The Labute approximate surface area is 90.4 Å². The lowest BCUT2D eigenvalue weighted by Gasteiger charge is -2.25. The minimum atomic E-state index is -4.35. The van der Waals surface area contributed by atoms with Crippen LogP contribution in [0, 0.1) is 17.2 Å². The fourth-order valence-electron chi connectivity index (χ4n) is 0.900. The molecule has 0 N–H and O–H groups in total. The Morgan fingerprint density at radius 3 is 2.21 bits per heavy atom. The molecular weight excluding hydrogens is 248 g/mol. The maximum absolute atomic E-state index is 10.4. The Morgan fingerprint density at radius 2 is 1.86 bits per heavy atom. The molecule has 0 aliphatic heterocycles. The van der Waals surface area contributed by atoms with Gasteiger partial charge in [-0.15, -0.1) is 11.3 Å². The molecule has 1 rings (SSSR count). The van der Waals surface area contributed by atoms with E-state index in [4.69, 9.17) is 0 Å². The van der Waals surface area contributed by atoms with Gasteiger partial charge in [-0.05, 0) is 19.1 Å². The van der Waals surface area contributed by atoms with Gasteiger partial charge < -0.3 is 0 Å². The van der Waals surface area contributed by atoms with Crippen molar-refractivity contribution in [2.75, 3.05) is 12.5 Å². The van der Waals surface area contributed by atoms with Crippen molar-refractivity contribution in [3.63, 3.8) is 0 Å². The van der Waals surface area contributed by atoms with Crippen LogP contribution >= 0.6 is 21.6 Å².